The molecule has 0 radical (unpaired) electrons. The van der Waals surface area contributed by atoms with E-state index in [4.69, 9.17) is 0 Å². The second-order valence-electron chi connectivity index (χ2n) is 8.54. The Kier molecular flexibility index (Phi) is 5.50. The number of carboxylic acid groups (broad SMARTS) is 1. The number of carboxylic acids is 1. The molecular weight excluding hydrogens is 479 g/mol. The maximum absolute atomic E-state index is 15.8. The van der Waals surface area contributed by atoms with Gasteiger partial charge in [-0.05, 0) is 25.2 Å². The summed E-state index contributed by atoms with van der Waals surface area (Å²) in [7, 11) is 2.04. The summed E-state index contributed by atoms with van der Waals surface area (Å²) in [5.74, 6) is -1.80. The Morgan fingerprint density at radius 2 is 1.79 bits per heavy atom. The van der Waals surface area contributed by atoms with Crippen LogP contribution in [0.1, 0.15) is 16.1 Å². The van der Waals surface area contributed by atoms with Gasteiger partial charge in [-0.2, -0.15) is 0 Å². The van der Waals surface area contributed by atoms with Gasteiger partial charge >= 0.3 is 5.97 Å². The van der Waals surface area contributed by atoms with Crippen LogP contribution in [0.3, 0.4) is 0 Å². The first-order valence-electron chi connectivity index (χ1n) is 10.8. The van der Waals surface area contributed by atoms with Crippen LogP contribution in [-0.4, -0.2) is 53.6 Å². The predicted molar refractivity (Wildman–Crippen MR) is 135 cm³/mol. The maximum atomic E-state index is 15.8. The zero-order valence-corrected chi connectivity index (χ0v) is 20.0. The number of pyridine rings is 1. The third-order valence-electron chi connectivity index (χ3n) is 6.60. The summed E-state index contributed by atoms with van der Waals surface area (Å²) in [5.41, 5.74) is 2.47. The molecule has 4 aromatic rings. The number of halogens is 2. The highest BCUT2D eigenvalue weighted by Crippen LogP contribution is 2.46. The zero-order chi connectivity index (χ0) is 22.9. The van der Waals surface area contributed by atoms with Gasteiger partial charge in [0.15, 0.2) is 0 Å². The van der Waals surface area contributed by atoms with Crippen molar-refractivity contribution in [1.82, 2.24) is 9.30 Å². The van der Waals surface area contributed by atoms with Crippen molar-refractivity contribution in [2.75, 3.05) is 43.0 Å². The number of piperazine rings is 1. The molecule has 0 saturated carbocycles. The number of carbonyl (C=O) groups is 1. The molecule has 1 N–H and O–H groups in total. The van der Waals surface area contributed by atoms with Crippen LogP contribution in [0.4, 0.5) is 21.5 Å². The quantitative estimate of drug-likeness (QED) is 0.455. The first-order valence-corrected chi connectivity index (χ1v) is 11.6. The first-order chi connectivity index (χ1) is 16.0. The third kappa shape index (κ3) is 3.19. The standard InChI is InChI=1S/C24H21FN4O3S.ClH/c1-26-7-9-27(10-8-26)20-17(25)11-16-19-21(20)28(14-5-3-2-4-6-14)12-15-13-33-23(29(15)19)18(22(16)30)24(31)32;/h2-6,11,13H,7-10,12H2,1H3,(H,31,32);1H. The van der Waals surface area contributed by atoms with Crippen LogP contribution in [0.15, 0.2) is 46.6 Å². The number of aromatic carboxylic acids is 1. The molecule has 2 aromatic heterocycles. The molecule has 0 bridgehead atoms. The molecule has 2 aliphatic heterocycles. The van der Waals surface area contributed by atoms with Gasteiger partial charge in [-0.3, -0.25) is 9.20 Å². The van der Waals surface area contributed by atoms with E-state index in [0.717, 1.165) is 24.5 Å². The molecule has 0 unspecified atom stereocenters. The van der Waals surface area contributed by atoms with Crippen molar-refractivity contribution in [3.05, 3.63) is 69.1 Å². The minimum Gasteiger partial charge on any atom is -0.477 e. The van der Waals surface area contributed by atoms with Gasteiger partial charge in [0.05, 0.1) is 34.5 Å². The van der Waals surface area contributed by atoms with E-state index in [-0.39, 0.29) is 23.4 Å². The third-order valence-corrected chi connectivity index (χ3v) is 7.60. The molecule has 0 spiro atoms. The summed E-state index contributed by atoms with van der Waals surface area (Å²) < 4.78 is 17.7. The van der Waals surface area contributed by atoms with Gasteiger partial charge < -0.3 is 19.8 Å². The summed E-state index contributed by atoms with van der Waals surface area (Å²) in [5, 5.41) is 11.8. The number of likely N-dealkylation sites (N-methyl/N-ethyl adjacent to an activating group) is 1. The molecule has 2 aliphatic rings. The Hall–Kier alpha value is -3.14. The Morgan fingerprint density at radius 1 is 1.09 bits per heavy atom. The Labute approximate surface area is 204 Å². The average Bonchev–Trinajstić information content (AvgIpc) is 3.23. The van der Waals surface area contributed by atoms with Gasteiger partial charge in [0.2, 0.25) is 5.43 Å². The lowest BCUT2D eigenvalue weighted by atomic mass is 10.0. The van der Waals surface area contributed by atoms with E-state index in [2.05, 4.69) is 4.90 Å². The Morgan fingerprint density at radius 3 is 2.47 bits per heavy atom. The van der Waals surface area contributed by atoms with Crippen LogP contribution in [-0.2, 0) is 6.54 Å². The smallest absolute Gasteiger partial charge is 0.342 e. The van der Waals surface area contributed by atoms with Crippen LogP contribution in [0, 0.1) is 5.82 Å². The van der Waals surface area contributed by atoms with Crippen LogP contribution in [0.25, 0.3) is 15.7 Å². The summed E-state index contributed by atoms with van der Waals surface area (Å²) in [4.78, 5) is 32.0. The van der Waals surface area contributed by atoms with Crippen molar-refractivity contribution in [1.29, 1.82) is 0 Å². The van der Waals surface area contributed by atoms with E-state index in [1.165, 1.54) is 17.4 Å². The van der Waals surface area contributed by atoms with Crippen molar-refractivity contribution in [2.24, 2.45) is 0 Å². The molecule has 2 aromatic carbocycles. The molecule has 0 amide bonds. The summed E-state index contributed by atoms with van der Waals surface area (Å²) in [6, 6.07) is 10.9. The molecular formula is C24H22ClFN4O3S. The fourth-order valence-corrected chi connectivity index (χ4v) is 6.01. The highest BCUT2D eigenvalue weighted by Gasteiger charge is 2.34. The van der Waals surface area contributed by atoms with Gasteiger partial charge in [0.1, 0.15) is 16.2 Å². The molecule has 1 saturated heterocycles. The summed E-state index contributed by atoms with van der Waals surface area (Å²) >= 11 is 1.24. The monoisotopic (exact) mass is 500 g/mol. The maximum Gasteiger partial charge on any atom is 0.342 e. The van der Waals surface area contributed by atoms with E-state index in [1.807, 2.05) is 57.0 Å². The average molecular weight is 501 g/mol. The van der Waals surface area contributed by atoms with Crippen molar-refractivity contribution >= 4 is 62.5 Å². The largest absolute Gasteiger partial charge is 0.477 e. The molecule has 7 nitrogen and oxygen atoms in total. The van der Waals surface area contributed by atoms with Crippen LogP contribution in [0.2, 0.25) is 0 Å². The fraction of sp³-hybridized carbons (Fsp3) is 0.250. The van der Waals surface area contributed by atoms with Gasteiger partial charge in [-0.25, -0.2) is 9.18 Å². The lowest BCUT2D eigenvalue weighted by molar-refractivity contribution is 0.0697. The number of benzene rings is 2. The number of hydrogen-bond donors (Lipinski definition) is 1. The summed E-state index contributed by atoms with van der Waals surface area (Å²) in [6.45, 7) is 3.38. The lowest BCUT2D eigenvalue weighted by Crippen LogP contribution is -2.45. The van der Waals surface area contributed by atoms with E-state index in [1.54, 1.807) is 0 Å². The first kappa shape index (κ1) is 22.6. The highest BCUT2D eigenvalue weighted by molar-refractivity contribution is 7.16. The number of para-hydroxylation sites is 1. The van der Waals surface area contributed by atoms with Gasteiger partial charge in [0.25, 0.3) is 0 Å². The van der Waals surface area contributed by atoms with E-state index < -0.39 is 17.2 Å². The van der Waals surface area contributed by atoms with E-state index >= 15 is 4.39 Å². The molecule has 176 valence electrons. The molecule has 1 fully saturated rings. The van der Waals surface area contributed by atoms with Crippen LogP contribution in [0.5, 0.6) is 0 Å². The number of thiazole rings is 1. The zero-order valence-electron chi connectivity index (χ0n) is 18.3. The summed E-state index contributed by atoms with van der Waals surface area (Å²) in [6.07, 6.45) is 0. The van der Waals surface area contributed by atoms with E-state index in [0.29, 0.717) is 41.4 Å². The number of aromatic nitrogens is 1. The van der Waals surface area contributed by atoms with Crippen molar-refractivity contribution in [2.45, 2.75) is 6.54 Å². The number of nitrogens with zero attached hydrogens (tertiary/aromatic N) is 4. The second-order valence-corrected chi connectivity index (χ2v) is 9.40. The van der Waals surface area contributed by atoms with Crippen molar-refractivity contribution < 1.29 is 14.3 Å². The van der Waals surface area contributed by atoms with Gasteiger partial charge in [-0.1, -0.05) is 18.2 Å². The van der Waals surface area contributed by atoms with E-state index in [9.17, 15) is 14.7 Å². The lowest BCUT2D eigenvalue weighted by Gasteiger charge is -2.39. The van der Waals surface area contributed by atoms with Crippen LogP contribution < -0.4 is 15.2 Å². The van der Waals surface area contributed by atoms with Crippen molar-refractivity contribution in [3.8, 4) is 0 Å². The fourth-order valence-electron chi connectivity index (χ4n) is 4.98. The molecule has 6 rings (SSSR count). The number of hydrogen-bond acceptors (Lipinski definition) is 6. The topological polar surface area (TPSA) is 68.5 Å². The minimum atomic E-state index is -1.29. The molecule has 0 aliphatic carbocycles. The number of anilines is 3. The van der Waals surface area contributed by atoms with Crippen molar-refractivity contribution in [3.63, 3.8) is 0 Å². The molecule has 0 atom stereocenters. The minimum absolute atomic E-state index is 0. The second kappa shape index (κ2) is 8.26. The molecule has 34 heavy (non-hydrogen) atoms. The Bertz CT molecular complexity index is 1500. The normalized spacial score (nSPS) is 15.8. The Balaban J connectivity index is 0.00000241. The van der Waals surface area contributed by atoms with Gasteiger partial charge in [-0.15, -0.1) is 23.7 Å². The van der Waals surface area contributed by atoms with Gasteiger partial charge in [0, 0.05) is 37.2 Å². The molecule has 4 heterocycles. The predicted octanol–water partition coefficient (Wildman–Crippen LogP) is 4.18. The van der Waals surface area contributed by atoms with Crippen LogP contribution >= 0.6 is 23.7 Å². The SMILES string of the molecule is CN1CCN(c2c(F)cc3c(=O)c(C(=O)O)c4scc5n4c3c2N(c2ccccc2)C5)CC1.Cl. The number of rotatable bonds is 3. The highest BCUT2D eigenvalue weighted by atomic mass is 35.5. The molecule has 10 heteroatoms.